The molecule has 2 bridgehead atoms. The summed E-state index contributed by atoms with van der Waals surface area (Å²) in [5.41, 5.74) is 4.90. The summed E-state index contributed by atoms with van der Waals surface area (Å²) in [7, 11) is 1.75. The summed E-state index contributed by atoms with van der Waals surface area (Å²) in [5, 5.41) is 0. The van der Waals surface area contributed by atoms with Crippen LogP contribution < -0.4 is 9.64 Å². The quantitative estimate of drug-likeness (QED) is 0.282. The van der Waals surface area contributed by atoms with Crippen molar-refractivity contribution in [3.8, 4) is 17.0 Å². The van der Waals surface area contributed by atoms with Crippen molar-refractivity contribution in [1.29, 1.82) is 0 Å². The van der Waals surface area contributed by atoms with E-state index in [1.54, 1.807) is 13.4 Å². The van der Waals surface area contributed by atoms with Gasteiger partial charge in [0.1, 0.15) is 23.5 Å². The predicted octanol–water partition coefficient (Wildman–Crippen LogP) is 8.14. The van der Waals surface area contributed by atoms with Crippen LogP contribution in [0.5, 0.6) is 5.75 Å². The van der Waals surface area contributed by atoms with Crippen molar-refractivity contribution in [2.45, 2.75) is 102 Å². The molecule has 6 nitrogen and oxygen atoms in total. The van der Waals surface area contributed by atoms with Gasteiger partial charge in [0.05, 0.1) is 7.11 Å². The number of hydrogen-bond donors (Lipinski definition) is 0. The molecule has 2 aromatic heterocycles. The first-order chi connectivity index (χ1) is 20.0. The normalized spacial score (nSPS) is 26.2. The molecule has 0 unspecified atom stereocenters. The molecule has 41 heavy (non-hydrogen) atoms. The van der Waals surface area contributed by atoms with Crippen LogP contribution >= 0.6 is 0 Å². The SMILES string of the molecule is COc1ccc(C23CCC(CN(C(=O)C4CCCCC4)c4cc(-c5coc(C6CC6)n5)ccn4)(CC2)CC3)cc1C. The van der Waals surface area contributed by atoms with Gasteiger partial charge in [-0.3, -0.25) is 9.69 Å². The van der Waals surface area contributed by atoms with Crippen molar-refractivity contribution in [3.05, 3.63) is 59.8 Å². The summed E-state index contributed by atoms with van der Waals surface area (Å²) >= 11 is 0. The second-order valence-electron chi connectivity index (χ2n) is 13.5. The van der Waals surface area contributed by atoms with E-state index >= 15 is 0 Å². The Balaban J connectivity index is 1.15. The fourth-order valence-electron chi connectivity index (χ4n) is 7.98. The van der Waals surface area contributed by atoms with Crippen LogP contribution in [0.25, 0.3) is 11.3 Å². The number of ether oxygens (including phenoxy) is 1. The van der Waals surface area contributed by atoms with Gasteiger partial charge in [0.2, 0.25) is 5.91 Å². The highest BCUT2D eigenvalue weighted by atomic mass is 16.5. The molecule has 6 heteroatoms. The lowest BCUT2D eigenvalue weighted by molar-refractivity contribution is -0.124. The molecular weight excluding hydrogens is 510 g/mol. The number of carbonyl (C=O) groups is 1. The van der Waals surface area contributed by atoms with Gasteiger partial charge in [0.15, 0.2) is 5.89 Å². The van der Waals surface area contributed by atoms with Crippen molar-refractivity contribution >= 4 is 11.7 Å². The maximum atomic E-state index is 14.2. The Bertz CT molecular complexity index is 1390. The Morgan fingerprint density at radius 1 is 1.00 bits per heavy atom. The first-order valence-electron chi connectivity index (χ1n) is 15.9. The summed E-state index contributed by atoms with van der Waals surface area (Å²) in [4.78, 5) is 25.9. The van der Waals surface area contributed by atoms with Gasteiger partial charge in [-0.2, -0.15) is 0 Å². The minimum atomic E-state index is 0.104. The monoisotopic (exact) mass is 553 g/mol. The van der Waals surface area contributed by atoms with Crippen molar-refractivity contribution in [2.75, 3.05) is 18.6 Å². The molecule has 5 fully saturated rings. The number of hydrogen-bond acceptors (Lipinski definition) is 5. The standard InChI is InChI=1S/C35H43N3O3/c1-24-20-28(10-11-30(24)40-2)35-16-13-34(14-17-35,15-18-35)23-38(33(39)26-6-4-3-5-7-26)31-21-27(12-19-36-31)29-22-41-32(37-29)25-8-9-25/h10-12,19-22,25-26H,3-9,13-18,23H2,1-2H3. The molecule has 5 aliphatic rings. The van der Waals surface area contributed by atoms with Gasteiger partial charge in [0, 0.05) is 30.1 Å². The van der Waals surface area contributed by atoms with Crippen molar-refractivity contribution < 1.29 is 13.9 Å². The topological polar surface area (TPSA) is 68.5 Å². The molecule has 2 heterocycles. The average molecular weight is 554 g/mol. The van der Waals surface area contributed by atoms with Crippen LogP contribution in [-0.4, -0.2) is 29.5 Å². The molecule has 3 aromatic rings. The van der Waals surface area contributed by atoms with Crippen LogP contribution in [0.4, 0.5) is 5.82 Å². The number of benzene rings is 1. The number of methoxy groups -OCH3 is 1. The van der Waals surface area contributed by atoms with Gasteiger partial charge in [-0.05, 0) is 111 Å². The second kappa shape index (κ2) is 10.6. The lowest BCUT2D eigenvalue weighted by Crippen LogP contribution is -2.51. The highest BCUT2D eigenvalue weighted by molar-refractivity contribution is 5.94. The van der Waals surface area contributed by atoms with E-state index in [2.05, 4.69) is 36.1 Å². The number of rotatable bonds is 8. The highest BCUT2D eigenvalue weighted by Crippen LogP contribution is 2.58. The molecule has 0 aliphatic heterocycles. The van der Waals surface area contributed by atoms with E-state index in [0.717, 1.165) is 93.0 Å². The molecule has 0 saturated heterocycles. The Hall–Kier alpha value is -3.15. The number of pyridine rings is 1. The van der Waals surface area contributed by atoms with Crippen molar-refractivity contribution in [3.63, 3.8) is 0 Å². The molecule has 1 amide bonds. The summed E-state index contributed by atoms with van der Waals surface area (Å²) in [6, 6.07) is 10.8. The fourth-order valence-corrected chi connectivity index (χ4v) is 7.98. The Morgan fingerprint density at radius 2 is 1.76 bits per heavy atom. The average Bonchev–Trinajstić information content (AvgIpc) is 3.77. The molecule has 0 atom stereocenters. The van der Waals surface area contributed by atoms with Crippen LogP contribution in [0.3, 0.4) is 0 Å². The Kier molecular flexibility index (Phi) is 6.91. The van der Waals surface area contributed by atoms with E-state index in [4.69, 9.17) is 19.1 Å². The summed E-state index contributed by atoms with van der Waals surface area (Å²) in [6.45, 7) is 2.92. The van der Waals surface area contributed by atoms with Gasteiger partial charge in [-0.25, -0.2) is 9.97 Å². The van der Waals surface area contributed by atoms with Crippen molar-refractivity contribution in [2.24, 2.45) is 11.3 Å². The lowest BCUT2D eigenvalue weighted by Gasteiger charge is -2.55. The van der Waals surface area contributed by atoms with Crippen LogP contribution in [0.1, 0.15) is 106 Å². The number of carbonyl (C=O) groups excluding carboxylic acids is 1. The first-order valence-corrected chi connectivity index (χ1v) is 15.9. The molecule has 0 radical (unpaired) electrons. The molecule has 1 aromatic carbocycles. The largest absolute Gasteiger partial charge is 0.496 e. The predicted molar refractivity (Wildman–Crippen MR) is 160 cm³/mol. The number of aryl methyl sites for hydroxylation is 1. The molecule has 0 N–H and O–H groups in total. The number of nitrogens with zero attached hydrogens (tertiary/aromatic N) is 3. The highest BCUT2D eigenvalue weighted by Gasteiger charge is 2.50. The van der Waals surface area contributed by atoms with E-state index in [-0.39, 0.29) is 22.7 Å². The summed E-state index contributed by atoms with van der Waals surface area (Å²) in [5.74, 6) is 3.43. The molecule has 5 aliphatic carbocycles. The third-order valence-corrected chi connectivity index (χ3v) is 10.9. The van der Waals surface area contributed by atoms with Gasteiger partial charge < -0.3 is 9.15 Å². The van der Waals surface area contributed by atoms with Crippen LogP contribution in [0.2, 0.25) is 0 Å². The zero-order chi connectivity index (χ0) is 28.0. The van der Waals surface area contributed by atoms with E-state index in [9.17, 15) is 4.79 Å². The number of anilines is 1. The fraction of sp³-hybridized carbons (Fsp3) is 0.571. The van der Waals surface area contributed by atoms with E-state index < -0.39 is 0 Å². The molecular formula is C35H43N3O3. The lowest BCUT2D eigenvalue weighted by atomic mass is 9.51. The van der Waals surface area contributed by atoms with E-state index in [1.807, 2.05) is 12.3 Å². The van der Waals surface area contributed by atoms with Gasteiger partial charge in [-0.15, -0.1) is 0 Å². The maximum Gasteiger partial charge on any atom is 0.231 e. The second-order valence-corrected chi connectivity index (χ2v) is 13.5. The van der Waals surface area contributed by atoms with Crippen LogP contribution in [-0.2, 0) is 10.2 Å². The minimum absolute atomic E-state index is 0.104. The van der Waals surface area contributed by atoms with Crippen molar-refractivity contribution in [1.82, 2.24) is 9.97 Å². The zero-order valence-corrected chi connectivity index (χ0v) is 24.7. The first kappa shape index (κ1) is 26.7. The maximum absolute atomic E-state index is 14.2. The third-order valence-electron chi connectivity index (χ3n) is 10.9. The van der Waals surface area contributed by atoms with Gasteiger partial charge in [0.25, 0.3) is 0 Å². The van der Waals surface area contributed by atoms with Gasteiger partial charge >= 0.3 is 0 Å². The van der Waals surface area contributed by atoms with E-state index in [0.29, 0.717) is 5.92 Å². The Morgan fingerprint density at radius 3 is 2.44 bits per heavy atom. The minimum Gasteiger partial charge on any atom is -0.496 e. The Labute approximate surface area is 243 Å². The molecule has 5 saturated carbocycles. The summed E-state index contributed by atoms with van der Waals surface area (Å²) in [6.07, 6.45) is 18.5. The number of aromatic nitrogens is 2. The molecule has 216 valence electrons. The number of fused-ring (bicyclic) bond motifs is 3. The number of oxazole rings is 1. The van der Waals surface area contributed by atoms with Crippen LogP contribution in [0, 0.1) is 18.3 Å². The zero-order valence-electron chi connectivity index (χ0n) is 24.7. The summed E-state index contributed by atoms with van der Waals surface area (Å²) < 4.78 is 11.3. The third kappa shape index (κ3) is 5.08. The smallest absolute Gasteiger partial charge is 0.231 e. The molecule has 8 rings (SSSR count). The van der Waals surface area contributed by atoms with E-state index in [1.165, 1.54) is 36.8 Å². The number of amides is 1. The van der Waals surface area contributed by atoms with Crippen LogP contribution in [0.15, 0.2) is 47.2 Å². The van der Waals surface area contributed by atoms with Gasteiger partial charge in [-0.1, -0.05) is 31.4 Å². The molecule has 0 spiro atoms.